The van der Waals surface area contributed by atoms with Gasteiger partial charge < -0.3 is 20.4 Å². The van der Waals surface area contributed by atoms with Crippen LogP contribution in [0.2, 0.25) is 0 Å². The normalized spacial score (nSPS) is 36.7. The standard InChI is InChI=1S/C18H35N5/c1-19-18(20-12-14-6-5-9-22(2)13-14)21-15-10-16-7-4-8-17(11-15)23(16)3/h14-17H,4-13H2,1-3H3,(H2,19,20,21). The largest absolute Gasteiger partial charge is 0.356 e. The second-order valence-corrected chi connectivity index (χ2v) is 7.94. The van der Waals surface area contributed by atoms with Crippen molar-refractivity contribution in [1.82, 2.24) is 20.4 Å². The van der Waals surface area contributed by atoms with Gasteiger partial charge in [-0.3, -0.25) is 4.99 Å². The number of piperidine rings is 3. The molecule has 5 nitrogen and oxygen atoms in total. The molecule has 3 fully saturated rings. The molecule has 5 heteroatoms. The summed E-state index contributed by atoms with van der Waals surface area (Å²) in [7, 11) is 6.45. The average Bonchev–Trinajstić information content (AvgIpc) is 2.52. The molecule has 2 bridgehead atoms. The van der Waals surface area contributed by atoms with Crippen molar-refractivity contribution < 1.29 is 0 Å². The van der Waals surface area contributed by atoms with Gasteiger partial charge in [0.15, 0.2) is 5.96 Å². The molecule has 23 heavy (non-hydrogen) atoms. The van der Waals surface area contributed by atoms with Gasteiger partial charge in [0.1, 0.15) is 0 Å². The van der Waals surface area contributed by atoms with E-state index in [2.05, 4.69) is 39.5 Å². The van der Waals surface area contributed by atoms with Crippen molar-refractivity contribution in [2.24, 2.45) is 10.9 Å². The third-order valence-electron chi connectivity index (χ3n) is 6.18. The first kappa shape index (κ1) is 17.0. The Bertz CT molecular complexity index is 396. The van der Waals surface area contributed by atoms with Gasteiger partial charge >= 0.3 is 0 Å². The minimum Gasteiger partial charge on any atom is -0.356 e. The smallest absolute Gasteiger partial charge is 0.191 e. The highest BCUT2D eigenvalue weighted by Gasteiger charge is 2.36. The van der Waals surface area contributed by atoms with Gasteiger partial charge in [-0.15, -0.1) is 0 Å². The number of rotatable bonds is 3. The Kier molecular flexibility index (Phi) is 5.81. The fourth-order valence-electron chi connectivity index (χ4n) is 4.80. The summed E-state index contributed by atoms with van der Waals surface area (Å²) in [6.45, 7) is 3.51. The van der Waals surface area contributed by atoms with Gasteiger partial charge in [0.05, 0.1) is 0 Å². The molecule has 3 rings (SSSR count). The highest BCUT2D eigenvalue weighted by atomic mass is 15.2. The Morgan fingerprint density at radius 3 is 2.48 bits per heavy atom. The van der Waals surface area contributed by atoms with E-state index in [1.54, 1.807) is 0 Å². The molecule has 132 valence electrons. The predicted octanol–water partition coefficient (Wildman–Crippen LogP) is 1.51. The van der Waals surface area contributed by atoms with Gasteiger partial charge in [-0.1, -0.05) is 6.42 Å². The van der Waals surface area contributed by atoms with Crippen LogP contribution in [-0.2, 0) is 0 Å². The number of likely N-dealkylation sites (tertiary alicyclic amines) is 1. The fourth-order valence-corrected chi connectivity index (χ4v) is 4.80. The summed E-state index contributed by atoms with van der Waals surface area (Å²) in [5.74, 6) is 1.76. The van der Waals surface area contributed by atoms with Crippen molar-refractivity contribution in [3.63, 3.8) is 0 Å². The molecule has 3 saturated heterocycles. The molecule has 3 aliphatic heterocycles. The number of nitrogens with one attached hydrogen (secondary N) is 2. The monoisotopic (exact) mass is 321 g/mol. The lowest BCUT2D eigenvalue weighted by molar-refractivity contribution is 0.0526. The first-order valence-corrected chi connectivity index (χ1v) is 9.53. The molecule has 0 aliphatic carbocycles. The SMILES string of the molecule is CN=C(NCC1CCCN(C)C1)NC1CC2CCCC(C1)N2C. The van der Waals surface area contributed by atoms with Crippen molar-refractivity contribution in [2.75, 3.05) is 40.8 Å². The topological polar surface area (TPSA) is 42.9 Å². The van der Waals surface area contributed by atoms with Crippen LogP contribution in [0.25, 0.3) is 0 Å². The maximum absolute atomic E-state index is 4.47. The minimum atomic E-state index is 0.585. The Morgan fingerprint density at radius 1 is 1.09 bits per heavy atom. The summed E-state index contributed by atoms with van der Waals surface area (Å²) in [5, 5.41) is 7.29. The number of fused-ring (bicyclic) bond motifs is 2. The van der Waals surface area contributed by atoms with E-state index >= 15 is 0 Å². The van der Waals surface area contributed by atoms with Crippen LogP contribution in [0.3, 0.4) is 0 Å². The van der Waals surface area contributed by atoms with E-state index in [1.165, 1.54) is 58.0 Å². The van der Waals surface area contributed by atoms with E-state index < -0.39 is 0 Å². The van der Waals surface area contributed by atoms with Gasteiger partial charge in [0, 0.05) is 38.3 Å². The predicted molar refractivity (Wildman–Crippen MR) is 96.9 cm³/mol. The minimum absolute atomic E-state index is 0.585. The molecule has 0 aromatic rings. The summed E-state index contributed by atoms with van der Waals surface area (Å²) < 4.78 is 0. The zero-order valence-corrected chi connectivity index (χ0v) is 15.2. The number of aliphatic imine (C=N–C) groups is 1. The van der Waals surface area contributed by atoms with Crippen LogP contribution in [0.1, 0.15) is 44.9 Å². The second kappa shape index (κ2) is 7.84. The fraction of sp³-hybridized carbons (Fsp3) is 0.944. The maximum Gasteiger partial charge on any atom is 0.191 e. The molecule has 3 unspecified atom stereocenters. The zero-order chi connectivity index (χ0) is 16.2. The molecule has 0 amide bonds. The van der Waals surface area contributed by atoms with Gasteiger partial charge in [-0.2, -0.15) is 0 Å². The first-order valence-electron chi connectivity index (χ1n) is 9.53. The van der Waals surface area contributed by atoms with E-state index in [9.17, 15) is 0 Å². The van der Waals surface area contributed by atoms with Crippen LogP contribution in [-0.4, -0.2) is 74.7 Å². The number of guanidine groups is 1. The summed E-state index contributed by atoms with van der Waals surface area (Å²) >= 11 is 0. The van der Waals surface area contributed by atoms with Crippen LogP contribution < -0.4 is 10.6 Å². The van der Waals surface area contributed by atoms with E-state index in [0.29, 0.717) is 6.04 Å². The highest BCUT2D eigenvalue weighted by Crippen LogP contribution is 2.32. The second-order valence-electron chi connectivity index (χ2n) is 7.94. The molecule has 3 aliphatic rings. The molecule has 0 aromatic carbocycles. The molecule has 0 aromatic heterocycles. The summed E-state index contributed by atoms with van der Waals surface area (Å²) in [6.07, 6.45) is 9.34. The Morgan fingerprint density at radius 2 is 1.83 bits per heavy atom. The van der Waals surface area contributed by atoms with Crippen molar-refractivity contribution >= 4 is 5.96 Å². The van der Waals surface area contributed by atoms with Crippen LogP contribution in [0.15, 0.2) is 4.99 Å². The molecule has 2 N–H and O–H groups in total. The molecule has 3 heterocycles. The van der Waals surface area contributed by atoms with Crippen LogP contribution >= 0.6 is 0 Å². The molecule has 0 spiro atoms. The van der Waals surface area contributed by atoms with E-state index in [4.69, 9.17) is 0 Å². The molecular weight excluding hydrogens is 286 g/mol. The van der Waals surface area contributed by atoms with E-state index in [-0.39, 0.29) is 0 Å². The number of hydrogen-bond donors (Lipinski definition) is 2. The third-order valence-corrected chi connectivity index (χ3v) is 6.18. The summed E-state index contributed by atoms with van der Waals surface area (Å²) in [6, 6.07) is 2.12. The lowest BCUT2D eigenvalue weighted by Gasteiger charge is -2.47. The molecular formula is C18H35N5. The van der Waals surface area contributed by atoms with Crippen LogP contribution in [0.4, 0.5) is 0 Å². The first-order chi connectivity index (χ1) is 11.2. The van der Waals surface area contributed by atoms with Gasteiger partial charge in [0.2, 0.25) is 0 Å². The molecule has 0 radical (unpaired) electrons. The number of hydrogen-bond acceptors (Lipinski definition) is 3. The summed E-state index contributed by atoms with van der Waals surface area (Å²) in [5.41, 5.74) is 0. The Balaban J connectivity index is 1.46. The van der Waals surface area contributed by atoms with Crippen LogP contribution in [0.5, 0.6) is 0 Å². The van der Waals surface area contributed by atoms with E-state index in [0.717, 1.165) is 30.5 Å². The van der Waals surface area contributed by atoms with Crippen molar-refractivity contribution in [3.05, 3.63) is 0 Å². The van der Waals surface area contributed by atoms with Crippen molar-refractivity contribution in [3.8, 4) is 0 Å². The van der Waals surface area contributed by atoms with Gasteiger partial charge in [0.25, 0.3) is 0 Å². The lowest BCUT2D eigenvalue weighted by atomic mass is 9.82. The number of nitrogens with zero attached hydrogens (tertiary/aromatic N) is 3. The zero-order valence-electron chi connectivity index (χ0n) is 15.2. The van der Waals surface area contributed by atoms with E-state index in [1.807, 2.05) is 7.05 Å². The summed E-state index contributed by atoms with van der Waals surface area (Å²) in [4.78, 5) is 9.54. The van der Waals surface area contributed by atoms with Crippen molar-refractivity contribution in [2.45, 2.75) is 63.1 Å². The molecule has 0 saturated carbocycles. The quantitative estimate of drug-likeness (QED) is 0.611. The highest BCUT2D eigenvalue weighted by molar-refractivity contribution is 5.80. The Hall–Kier alpha value is -0.810. The average molecular weight is 322 g/mol. The Labute approximate surface area is 141 Å². The van der Waals surface area contributed by atoms with Gasteiger partial charge in [-0.25, -0.2) is 0 Å². The molecule has 3 atom stereocenters. The third kappa shape index (κ3) is 4.38. The maximum atomic E-state index is 4.47. The van der Waals surface area contributed by atoms with Crippen molar-refractivity contribution in [1.29, 1.82) is 0 Å². The van der Waals surface area contributed by atoms with Crippen LogP contribution in [0, 0.1) is 5.92 Å². The van der Waals surface area contributed by atoms with Gasteiger partial charge in [-0.05, 0) is 65.1 Å². The lowest BCUT2D eigenvalue weighted by Crippen LogP contribution is -2.57.